The van der Waals surface area contributed by atoms with E-state index in [1.54, 1.807) is 0 Å². The van der Waals surface area contributed by atoms with Crippen molar-refractivity contribution in [2.45, 2.75) is 31.1 Å². The molecule has 2 atom stereocenters. The lowest BCUT2D eigenvalue weighted by Gasteiger charge is -2.29. The SMILES string of the molecule is N[C@H]1CCN[C@H](C(F)(F)F)C1. The number of hydrogen-bond acceptors (Lipinski definition) is 2. The van der Waals surface area contributed by atoms with Crippen LogP contribution in [0.3, 0.4) is 0 Å². The van der Waals surface area contributed by atoms with E-state index in [2.05, 4.69) is 5.32 Å². The maximum atomic E-state index is 12.0. The van der Waals surface area contributed by atoms with Crippen LogP contribution in [0.2, 0.25) is 0 Å². The molecule has 0 aliphatic carbocycles. The number of rotatable bonds is 0. The number of halogens is 3. The van der Waals surface area contributed by atoms with E-state index in [1.807, 2.05) is 0 Å². The summed E-state index contributed by atoms with van der Waals surface area (Å²) in [7, 11) is 0. The van der Waals surface area contributed by atoms with Crippen molar-refractivity contribution in [1.29, 1.82) is 0 Å². The highest BCUT2D eigenvalue weighted by atomic mass is 19.4. The first kappa shape index (κ1) is 8.80. The van der Waals surface area contributed by atoms with Gasteiger partial charge in [-0.2, -0.15) is 13.2 Å². The second-order valence-corrected chi connectivity index (χ2v) is 2.83. The van der Waals surface area contributed by atoms with E-state index in [1.165, 1.54) is 0 Å². The lowest BCUT2D eigenvalue weighted by Crippen LogP contribution is -2.51. The van der Waals surface area contributed by atoms with Gasteiger partial charge in [0.05, 0.1) is 0 Å². The summed E-state index contributed by atoms with van der Waals surface area (Å²) in [6, 6.07) is -1.70. The number of alkyl halides is 3. The van der Waals surface area contributed by atoms with Crippen LogP contribution in [0.4, 0.5) is 13.2 Å². The maximum Gasteiger partial charge on any atom is 0.403 e. The average Bonchev–Trinajstić information content (AvgIpc) is 1.86. The topological polar surface area (TPSA) is 38.0 Å². The smallest absolute Gasteiger partial charge is 0.328 e. The Hall–Kier alpha value is -0.290. The predicted molar refractivity (Wildman–Crippen MR) is 35.1 cm³/mol. The van der Waals surface area contributed by atoms with Crippen LogP contribution >= 0.6 is 0 Å². The monoisotopic (exact) mass is 168 g/mol. The average molecular weight is 168 g/mol. The highest BCUT2D eigenvalue weighted by Crippen LogP contribution is 2.25. The molecule has 0 radical (unpaired) electrons. The Bertz CT molecular complexity index is 134. The summed E-state index contributed by atoms with van der Waals surface area (Å²) in [5.74, 6) is 0. The maximum absolute atomic E-state index is 12.0. The van der Waals surface area contributed by atoms with Crippen LogP contribution in [-0.2, 0) is 0 Å². The number of nitrogens with two attached hydrogens (primary N) is 1. The largest absolute Gasteiger partial charge is 0.403 e. The van der Waals surface area contributed by atoms with Gasteiger partial charge in [0.25, 0.3) is 0 Å². The zero-order valence-electron chi connectivity index (χ0n) is 5.99. The first-order valence-electron chi connectivity index (χ1n) is 3.56. The summed E-state index contributed by atoms with van der Waals surface area (Å²) in [6.45, 7) is 0.366. The Morgan fingerprint density at radius 3 is 2.36 bits per heavy atom. The van der Waals surface area contributed by atoms with E-state index in [-0.39, 0.29) is 12.5 Å². The molecule has 0 bridgehead atoms. The molecule has 66 valence electrons. The fourth-order valence-electron chi connectivity index (χ4n) is 1.20. The Morgan fingerprint density at radius 2 is 2.00 bits per heavy atom. The minimum atomic E-state index is -4.14. The van der Waals surface area contributed by atoms with Gasteiger partial charge in [-0.3, -0.25) is 0 Å². The van der Waals surface area contributed by atoms with Gasteiger partial charge in [-0.15, -0.1) is 0 Å². The van der Waals surface area contributed by atoms with Crippen molar-refractivity contribution in [3.8, 4) is 0 Å². The first-order chi connectivity index (χ1) is 5.00. The number of piperidine rings is 1. The normalized spacial score (nSPS) is 33.8. The van der Waals surface area contributed by atoms with Crippen molar-refractivity contribution in [1.82, 2.24) is 5.32 Å². The van der Waals surface area contributed by atoms with Crippen LogP contribution in [0.5, 0.6) is 0 Å². The highest BCUT2D eigenvalue weighted by Gasteiger charge is 2.41. The molecule has 1 heterocycles. The van der Waals surface area contributed by atoms with Gasteiger partial charge in [0, 0.05) is 6.04 Å². The van der Waals surface area contributed by atoms with Crippen LogP contribution in [0.1, 0.15) is 12.8 Å². The highest BCUT2D eigenvalue weighted by molar-refractivity contribution is 4.84. The van der Waals surface area contributed by atoms with Crippen molar-refractivity contribution in [3.63, 3.8) is 0 Å². The van der Waals surface area contributed by atoms with Crippen LogP contribution < -0.4 is 11.1 Å². The van der Waals surface area contributed by atoms with Crippen molar-refractivity contribution in [2.24, 2.45) is 5.73 Å². The van der Waals surface area contributed by atoms with E-state index >= 15 is 0 Å². The van der Waals surface area contributed by atoms with E-state index < -0.39 is 12.2 Å². The van der Waals surface area contributed by atoms with Gasteiger partial charge in [0.15, 0.2) is 0 Å². The van der Waals surface area contributed by atoms with E-state index in [0.29, 0.717) is 13.0 Å². The molecule has 2 nitrogen and oxygen atoms in total. The molecule has 3 N–H and O–H groups in total. The molecule has 1 aliphatic heterocycles. The first-order valence-corrected chi connectivity index (χ1v) is 3.56. The quantitative estimate of drug-likeness (QED) is 0.556. The molecule has 1 rings (SSSR count). The lowest BCUT2D eigenvalue weighted by atomic mass is 10.0. The molecule has 0 aromatic rings. The molecule has 5 heteroatoms. The number of hydrogen-bond donors (Lipinski definition) is 2. The minimum Gasteiger partial charge on any atom is -0.328 e. The fraction of sp³-hybridized carbons (Fsp3) is 1.00. The molecule has 0 amide bonds. The van der Waals surface area contributed by atoms with E-state index in [0.717, 1.165) is 0 Å². The lowest BCUT2D eigenvalue weighted by molar-refractivity contribution is -0.161. The Balaban J connectivity index is 2.46. The van der Waals surface area contributed by atoms with Gasteiger partial charge < -0.3 is 11.1 Å². The Labute approximate surface area is 62.9 Å². The fourth-order valence-corrected chi connectivity index (χ4v) is 1.20. The third kappa shape index (κ3) is 2.34. The second kappa shape index (κ2) is 2.98. The summed E-state index contributed by atoms with van der Waals surface area (Å²) < 4.78 is 36.0. The molecule has 0 saturated carbocycles. The molecule has 1 fully saturated rings. The van der Waals surface area contributed by atoms with Gasteiger partial charge in [-0.25, -0.2) is 0 Å². The summed E-state index contributed by atoms with van der Waals surface area (Å²) in [5, 5.41) is 2.38. The van der Waals surface area contributed by atoms with Gasteiger partial charge in [0.2, 0.25) is 0 Å². The molecule has 1 aliphatic rings. The van der Waals surface area contributed by atoms with E-state index in [4.69, 9.17) is 5.73 Å². The van der Waals surface area contributed by atoms with Crippen LogP contribution in [0.15, 0.2) is 0 Å². The molecule has 0 aromatic heterocycles. The number of nitrogens with one attached hydrogen (secondary N) is 1. The molecular weight excluding hydrogens is 157 g/mol. The van der Waals surface area contributed by atoms with Crippen molar-refractivity contribution >= 4 is 0 Å². The van der Waals surface area contributed by atoms with E-state index in [9.17, 15) is 13.2 Å². The van der Waals surface area contributed by atoms with Crippen LogP contribution in [0, 0.1) is 0 Å². The Kier molecular flexibility index (Phi) is 2.39. The summed E-state index contributed by atoms with van der Waals surface area (Å²) in [5.41, 5.74) is 5.38. The van der Waals surface area contributed by atoms with Gasteiger partial charge >= 0.3 is 6.18 Å². The van der Waals surface area contributed by atoms with Gasteiger partial charge in [0.1, 0.15) is 6.04 Å². The van der Waals surface area contributed by atoms with Crippen molar-refractivity contribution < 1.29 is 13.2 Å². The molecule has 0 aromatic carbocycles. The molecular formula is C6H11F3N2. The minimum absolute atomic E-state index is 0.00347. The van der Waals surface area contributed by atoms with Crippen molar-refractivity contribution in [2.75, 3.05) is 6.54 Å². The van der Waals surface area contributed by atoms with Gasteiger partial charge in [-0.05, 0) is 19.4 Å². The zero-order valence-corrected chi connectivity index (χ0v) is 5.99. The predicted octanol–water partition coefficient (Wildman–Crippen LogP) is 0.628. The van der Waals surface area contributed by atoms with Crippen LogP contribution in [-0.4, -0.2) is 24.8 Å². The molecule has 0 spiro atoms. The standard InChI is InChI=1S/C6H11F3N2/c7-6(8,9)5-3-4(10)1-2-11-5/h4-5,11H,1-3,10H2/t4-,5-/m0/s1. The van der Waals surface area contributed by atoms with Crippen molar-refractivity contribution in [3.05, 3.63) is 0 Å². The molecule has 11 heavy (non-hydrogen) atoms. The second-order valence-electron chi connectivity index (χ2n) is 2.83. The molecule has 1 saturated heterocycles. The summed E-state index contributed by atoms with van der Waals surface area (Å²) in [4.78, 5) is 0. The van der Waals surface area contributed by atoms with Crippen LogP contribution in [0.25, 0.3) is 0 Å². The summed E-state index contributed by atoms with van der Waals surface area (Å²) >= 11 is 0. The van der Waals surface area contributed by atoms with Gasteiger partial charge in [-0.1, -0.05) is 0 Å². The Morgan fingerprint density at radius 1 is 1.36 bits per heavy atom. The zero-order chi connectivity index (χ0) is 8.48. The third-order valence-electron chi connectivity index (χ3n) is 1.84. The summed E-state index contributed by atoms with van der Waals surface area (Å²) in [6.07, 6.45) is -3.51. The third-order valence-corrected chi connectivity index (χ3v) is 1.84. The molecule has 0 unspecified atom stereocenters.